The summed E-state index contributed by atoms with van der Waals surface area (Å²) in [6, 6.07) is 8.01. The van der Waals surface area contributed by atoms with Gasteiger partial charge in [-0.2, -0.15) is 0 Å². The van der Waals surface area contributed by atoms with Gasteiger partial charge in [0.05, 0.1) is 18.8 Å². The molecule has 2 amide bonds. The van der Waals surface area contributed by atoms with Gasteiger partial charge in [-0.05, 0) is 37.0 Å². The largest absolute Gasteiger partial charge is 0.374 e. The third-order valence-electron chi connectivity index (χ3n) is 5.71. The Hall–Kier alpha value is -1.88. The molecule has 1 aromatic carbocycles. The van der Waals surface area contributed by atoms with Crippen LogP contribution < -0.4 is 0 Å². The summed E-state index contributed by atoms with van der Waals surface area (Å²) in [5, 5.41) is 0. The quantitative estimate of drug-likeness (QED) is 0.848. The molecule has 0 bridgehead atoms. The second-order valence-corrected chi connectivity index (χ2v) is 7.38. The topological polar surface area (TPSA) is 49.9 Å². The van der Waals surface area contributed by atoms with Crippen LogP contribution in [0.25, 0.3) is 0 Å². The predicted molar refractivity (Wildman–Crippen MR) is 94.1 cm³/mol. The van der Waals surface area contributed by atoms with Crippen LogP contribution in [-0.2, 0) is 16.1 Å². The number of fused-ring (bicyclic) bond motifs is 1. The van der Waals surface area contributed by atoms with E-state index in [0.29, 0.717) is 26.1 Å². The minimum Gasteiger partial charge on any atom is -0.374 e. The van der Waals surface area contributed by atoms with E-state index in [1.165, 1.54) is 12.8 Å². The van der Waals surface area contributed by atoms with Gasteiger partial charge in [0.2, 0.25) is 5.91 Å². The van der Waals surface area contributed by atoms with E-state index in [-0.39, 0.29) is 24.0 Å². The van der Waals surface area contributed by atoms with Crippen molar-refractivity contribution in [2.24, 2.45) is 0 Å². The van der Waals surface area contributed by atoms with Gasteiger partial charge in [-0.25, -0.2) is 0 Å². The van der Waals surface area contributed by atoms with Crippen molar-refractivity contribution < 1.29 is 14.3 Å². The second kappa shape index (κ2) is 7.16. The van der Waals surface area contributed by atoms with Gasteiger partial charge in [-0.15, -0.1) is 0 Å². The van der Waals surface area contributed by atoms with Gasteiger partial charge in [-0.1, -0.05) is 25.0 Å². The highest BCUT2D eigenvalue weighted by Crippen LogP contribution is 2.29. The average molecular weight is 342 g/mol. The highest BCUT2D eigenvalue weighted by atomic mass is 16.5. The van der Waals surface area contributed by atoms with E-state index >= 15 is 0 Å². The third-order valence-corrected chi connectivity index (χ3v) is 5.71. The van der Waals surface area contributed by atoms with Crippen LogP contribution in [0.3, 0.4) is 0 Å². The maximum Gasteiger partial charge on any atom is 0.254 e. The Balaban J connectivity index is 1.49. The number of benzene rings is 1. The molecule has 1 saturated carbocycles. The number of rotatable bonds is 3. The minimum atomic E-state index is 0.106. The lowest BCUT2D eigenvalue weighted by Gasteiger charge is -2.43. The number of carbonyl (C=O) groups excluding carboxylic acids is 2. The number of morpholine rings is 1. The molecule has 5 nitrogen and oxygen atoms in total. The highest BCUT2D eigenvalue weighted by Gasteiger charge is 2.37. The summed E-state index contributed by atoms with van der Waals surface area (Å²) in [5.74, 6) is 0.324. The monoisotopic (exact) mass is 342 g/mol. The number of hydrogen-bond acceptors (Lipinski definition) is 3. The van der Waals surface area contributed by atoms with E-state index in [9.17, 15) is 9.59 Å². The summed E-state index contributed by atoms with van der Waals surface area (Å²) in [6.07, 6.45) is 6.26. The van der Waals surface area contributed by atoms with Crippen molar-refractivity contribution in [1.82, 2.24) is 9.80 Å². The molecule has 5 heteroatoms. The fourth-order valence-corrected chi connectivity index (χ4v) is 4.41. The summed E-state index contributed by atoms with van der Waals surface area (Å²) in [5.41, 5.74) is 1.77. The van der Waals surface area contributed by atoms with Gasteiger partial charge in [0.15, 0.2) is 0 Å². The van der Waals surface area contributed by atoms with Crippen LogP contribution in [0.2, 0.25) is 0 Å². The van der Waals surface area contributed by atoms with E-state index in [2.05, 4.69) is 0 Å². The summed E-state index contributed by atoms with van der Waals surface area (Å²) >= 11 is 0. The molecule has 4 rings (SSSR count). The molecule has 2 heterocycles. The maximum atomic E-state index is 13.1. The second-order valence-electron chi connectivity index (χ2n) is 7.38. The standard InChI is InChI=1S/C20H26N2O3/c23-19-9-4-10-21(19)14-15-5-3-6-16(13-15)20(24)22-11-12-25-18-8-2-1-7-17(18)22/h3,5-6,13,17-18H,1-2,4,7-12,14H2/t17-,18+/m1/s1. The fourth-order valence-electron chi connectivity index (χ4n) is 4.41. The van der Waals surface area contributed by atoms with Crippen LogP contribution in [0.15, 0.2) is 24.3 Å². The van der Waals surface area contributed by atoms with Crippen molar-refractivity contribution in [3.8, 4) is 0 Å². The summed E-state index contributed by atoms with van der Waals surface area (Å²) in [4.78, 5) is 28.8. The molecule has 1 aliphatic carbocycles. The van der Waals surface area contributed by atoms with Gasteiger partial charge < -0.3 is 14.5 Å². The van der Waals surface area contributed by atoms with Gasteiger partial charge >= 0.3 is 0 Å². The van der Waals surface area contributed by atoms with Crippen LogP contribution in [-0.4, -0.2) is 53.5 Å². The Kier molecular flexibility index (Phi) is 4.75. The molecular weight excluding hydrogens is 316 g/mol. The lowest BCUT2D eigenvalue weighted by Crippen LogP contribution is -2.54. The van der Waals surface area contributed by atoms with E-state index in [1.54, 1.807) is 0 Å². The van der Waals surface area contributed by atoms with Crippen molar-refractivity contribution in [3.05, 3.63) is 35.4 Å². The molecule has 0 spiro atoms. The molecule has 1 aromatic rings. The molecule has 0 aromatic heterocycles. The first-order valence-electron chi connectivity index (χ1n) is 9.52. The first-order chi connectivity index (χ1) is 12.2. The Morgan fingerprint density at radius 1 is 1.16 bits per heavy atom. The number of amides is 2. The SMILES string of the molecule is O=C1CCCN1Cc1cccc(C(=O)N2CCO[C@H]3CCCC[C@H]32)c1. The summed E-state index contributed by atoms with van der Waals surface area (Å²) in [6.45, 7) is 2.74. The molecule has 0 radical (unpaired) electrons. The zero-order valence-electron chi connectivity index (χ0n) is 14.7. The van der Waals surface area contributed by atoms with Crippen molar-refractivity contribution in [2.75, 3.05) is 19.7 Å². The maximum absolute atomic E-state index is 13.1. The molecule has 2 saturated heterocycles. The predicted octanol–water partition coefficient (Wildman–Crippen LogP) is 2.59. The molecule has 0 N–H and O–H groups in total. The molecule has 3 fully saturated rings. The molecule has 2 aliphatic heterocycles. The minimum absolute atomic E-state index is 0.106. The molecular formula is C20H26N2O3. The Bertz CT molecular complexity index is 658. The van der Waals surface area contributed by atoms with Crippen molar-refractivity contribution >= 4 is 11.8 Å². The lowest BCUT2D eigenvalue weighted by atomic mass is 9.89. The van der Waals surface area contributed by atoms with Gasteiger partial charge in [0.1, 0.15) is 0 Å². The molecule has 3 aliphatic rings. The summed E-state index contributed by atoms with van der Waals surface area (Å²) in [7, 11) is 0. The Morgan fingerprint density at radius 2 is 2.04 bits per heavy atom. The normalized spacial score (nSPS) is 26.6. The van der Waals surface area contributed by atoms with Crippen molar-refractivity contribution in [1.29, 1.82) is 0 Å². The number of likely N-dealkylation sites (tertiary alicyclic amines) is 1. The van der Waals surface area contributed by atoms with E-state index in [1.807, 2.05) is 34.1 Å². The first kappa shape index (κ1) is 16.6. The molecule has 2 atom stereocenters. The highest BCUT2D eigenvalue weighted by molar-refractivity contribution is 5.94. The van der Waals surface area contributed by atoms with Gasteiger partial charge in [0.25, 0.3) is 5.91 Å². The van der Waals surface area contributed by atoms with Gasteiger partial charge in [-0.3, -0.25) is 9.59 Å². The Labute approximate surface area is 148 Å². The molecule has 25 heavy (non-hydrogen) atoms. The number of ether oxygens (including phenoxy) is 1. The lowest BCUT2D eigenvalue weighted by molar-refractivity contribution is -0.128. The average Bonchev–Trinajstić information content (AvgIpc) is 3.05. The third kappa shape index (κ3) is 3.43. The van der Waals surface area contributed by atoms with E-state index < -0.39 is 0 Å². The van der Waals surface area contributed by atoms with Crippen LogP contribution >= 0.6 is 0 Å². The van der Waals surface area contributed by atoms with Crippen LogP contribution in [0.1, 0.15) is 54.4 Å². The molecule has 0 unspecified atom stereocenters. The van der Waals surface area contributed by atoms with Crippen molar-refractivity contribution in [2.45, 2.75) is 57.2 Å². The zero-order chi connectivity index (χ0) is 17.2. The number of nitrogens with zero attached hydrogens (tertiary/aromatic N) is 2. The first-order valence-corrected chi connectivity index (χ1v) is 9.52. The van der Waals surface area contributed by atoms with Crippen molar-refractivity contribution in [3.63, 3.8) is 0 Å². The molecule has 134 valence electrons. The van der Waals surface area contributed by atoms with Crippen LogP contribution in [0.5, 0.6) is 0 Å². The summed E-state index contributed by atoms with van der Waals surface area (Å²) < 4.78 is 5.88. The Morgan fingerprint density at radius 3 is 2.88 bits per heavy atom. The zero-order valence-corrected chi connectivity index (χ0v) is 14.7. The van der Waals surface area contributed by atoms with Crippen LogP contribution in [0, 0.1) is 0 Å². The van der Waals surface area contributed by atoms with E-state index in [0.717, 1.165) is 36.9 Å². The smallest absolute Gasteiger partial charge is 0.254 e. The van der Waals surface area contributed by atoms with Crippen LogP contribution in [0.4, 0.5) is 0 Å². The van der Waals surface area contributed by atoms with E-state index in [4.69, 9.17) is 4.74 Å². The number of carbonyl (C=O) groups is 2. The fraction of sp³-hybridized carbons (Fsp3) is 0.600. The van der Waals surface area contributed by atoms with Gasteiger partial charge in [0, 0.05) is 31.6 Å². The number of hydrogen-bond donors (Lipinski definition) is 0.